The normalized spacial score (nSPS) is 13.2. The van der Waals surface area contributed by atoms with Gasteiger partial charge in [0.05, 0.1) is 12.7 Å². The quantitative estimate of drug-likeness (QED) is 0.716. The van der Waals surface area contributed by atoms with Crippen molar-refractivity contribution in [2.75, 3.05) is 13.7 Å². The Labute approximate surface area is 153 Å². The molecule has 2 aromatic carbocycles. The minimum atomic E-state index is -0.461. The van der Waals surface area contributed by atoms with Crippen LogP contribution in [0.3, 0.4) is 0 Å². The molecule has 0 spiro atoms. The van der Waals surface area contributed by atoms with Crippen LogP contribution in [-0.2, 0) is 16.1 Å². The predicted molar refractivity (Wildman–Crippen MR) is 98.0 cm³/mol. The molecule has 3 rings (SSSR count). The molecule has 1 saturated carbocycles. The summed E-state index contributed by atoms with van der Waals surface area (Å²) in [6.07, 6.45) is 1.99. The van der Waals surface area contributed by atoms with Gasteiger partial charge in [-0.3, -0.25) is 4.79 Å². The third-order valence-electron chi connectivity index (χ3n) is 4.51. The van der Waals surface area contributed by atoms with Gasteiger partial charge in [0.2, 0.25) is 0 Å². The summed E-state index contributed by atoms with van der Waals surface area (Å²) in [5.74, 6) is 0.159. The molecule has 0 unspecified atom stereocenters. The van der Waals surface area contributed by atoms with Crippen molar-refractivity contribution in [1.29, 1.82) is 0 Å². The average molecular weight is 353 g/mol. The molecule has 0 aliphatic heterocycles. The number of rotatable bonds is 7. The minimum absolute atomic E-state index is 0.162. The molecular formula is C21H23NO4. The van der Waals surface area contributed by atoms with Crippen LogP contribution in [0.1, 0.15) is 34.3 Å². The number of carbonyl (C=O) groups is 2. The van der Waals surface area contributed by atoms with Crippen LogP contribution in [0.4, 0.5) is 0 Å². The van der Waals surface area contributed by atoms with E-state index in [0.717, 1.165) is 29.7 Å². The Balaban J connectivity index is 1.60. The van der Waals surface area contributed by atoms with E-state index < -0.39 is 5.97 Å². The van der Waals surface area contributed by atoms with Crippen LogP contribution in [-0.4, -0.2) is 36.5 Å². The summed E-state index contributed by atoms with van der Waals surface area (Å²) in [6.45, 7) is 2.12. The van der Waals surface area contributed by atoms with Crippen molar-refractivity contribution in [3.8, 4) is 5.75 Å². The largest absolute Gasteiger partial charge is 0.497 e. The number of esters is 1. The van der Waals surface area contributed by atoms with Crippen molar-refractivity contribution in [2.45, 2.75) is 32.4 Å². The first kappa shape index (κ1) is 18.0. The van der Waals surface area contributed by atoms with E-state index in [9.17, 15) is 9.59 Å². The number of aryl methyl sites for hydroxylation is 1. The van der Waals surface area contributed by atoms with E-state index in [2.05, 4.69) is 0 Å². The molecule has 0 heterocycles. The number of carbonyl (C=O) groups excluding carboxylic acids is 2. The number of ether oxygens (including phenoxy) is 2. The summed E-state index contributed by atoms with van der Waals surface area (Å²) in [5.41, 5.74) is 2.35. The summed E-state index contributed by atoms with van der Waals surface area (Å²) >= 11 is 0. The molecule has 0 atom stereocenters. The van der Waals surface area contributed by atoms with Crippen molar-refractivity contribution in [1.82, 2.24) is 4.90 Å². The molecule has 5 nitrogen and oxygen atoms in total. The van der Waals surface area contributed by atoms with E-state index >= 15 is 0 Å². The molecule has 1 amide bonds. The molecule has 1 fully saturated rings. The lowest BCUT2D eigenvalue weighted by atomic mass is 10.1. The molecule has 0 bridgehead atoms. The maximum atomic E-state index is 12.6. The lowest BCUT2D eigenvalue weighted by Crippen LogP contribution is -2.36. The third-order valence-corrected chi connectivity index (χ3v) is 4.51. The standard InChI is InChI=1S/C21H23NO4/c1-15-5-3-4-6-19(15)21(24)26-14-20(23)22(17-9-10-17)13-16-7-11-18(25-2)12-8-16/h3-8,11-12,17H,9-10,13-14H2,1-2H3. The maximum Gasteiger partial charge on any atom is 0.338 e. The van der Waals surface area contributed by atoms with Gasteiger partial charge in [0.15, 0.2) is 6.61 Å². The van der Waals surface area contributed by atoms with E-state index in [4.69, 9.17) is 9.47 Å². The van der Waals surface area contributed by atoms with Crippen LogP contribution in [0.5, 0.6) is 5.75 Å². The van der Waals surface area contributed by atoms with Gasteiger partial charge in [0, 0.05) is 12.6 Å². The second-order valence-corrected chi connectivity index (χ2v) is 6.49. The van der Waals surface area contributed by atoms with Crippen molar-refractivity contribution < 1.29 is 19.1 Å². The summed E-state index contributed by atoms with van der Waals surface area (Å²) in [4.78, 5) is 26.6. The summed E-state index contributed by atoms with van der Waals surface area (Å²) in [7, 11) is 1.62. The maximum absolute atomic E-state index is 12.6. The van der Waals surface area contributed by atoms with Crippen LogP contribution >= 0.6 is 0 Å². The number of nitrogens with zero attached hydrogens (tertiary/aromatic N) is 1. The molecule has 0 aromatic heterocycles. The van der Waals surface area contributed by atoms with Gasteiger partial charge < -0.3 is 14.4 Å². The Morgan fingerprint density at radius 2 is 1.77 bits per heavy atom. The Morgan fingerprint density at radius 3 is 2.38 bits per heavy atom. The average Bonchev–Trinajstić information content (AvgIpc) is 3.50. The number of methoxy groups -OCH3 is 1. The Hall–Kier alpha value is -2.82. The van der Waals surface area contributed by atoms with E-state index in [1.54, 1.807) is 24.1 Å². The van der Waals surface area contributed by atoms with Crippen LogP contribution in [0.2, 0.25) is 0 Å². The monoisotopic (exact) mass is 353 g/mol. The van der Waals surface area contributed by atoms with Crippen LogP contribution in [0, 0.1) is 6.92 Å². The second kappa shape index (κ2) is 8.04. The molecule has 1 aliphatic rings. The third kappa shape index (κ3) is 4.42. The fourth-order valence-corrected chi connectivity index (χ4v) is 2.82. The van der Waals surface area contributed by atoms with Crippen molar-refractivity contribution in [2.24, 2.45) is 0 Å². The van der Waals surface area contributed by atoms with Gasteiger partial charge in [-0.2, -0.15) is 0 Å². The first-order valence-electron chi connectivity index (χ1n) is 8.73. The summed E-state index contributed by atoms with van der Waals surface area (Å²) in [6, 6.07) is 15.1. The molecule has 2 aromatic rings. The van der Waals surface area contributed by atoms with Crippen LogP contribution < -0.4 is 4.74 Å². The molecule has 0 saturated heterocycles. The van der Waals surface area contributed by atoms with E-state index in [0.29, 0.717) is 12.1 Å². The van der Waals surface area contributed by atoms with E-state index in [1.807, 2.05) is 43.3 Å². The fraction of sp³-hybridized carbons (Fsp3) is 0.333. The molecule has 5 heteroatoms. The zero-order valence-corrected chi connectivity index (χ0v) is 15.1. The lowest BCUT2D eigenvalue weighted by Gasteiger charge is -2.22. The van der Waals surface area contributed by atoms with Crippen LogP contribution in [0.25, 0.3) is 0 Å². The summed E-state index contributed by atoms with van der Waals surface area (Å²) in [5, 5.41) is 0. The van der Waals surface area contributed by atoms with Crippen LogP contribution in [0.15, 0.2) is 48.5 Å². The van der Waals surface area contributed by atoms with Gasteiger partial charge in [-0.05, 0) is 49.1 Å². The predicted octanol–water partition coefficient (Wildman–Crippen LogP) is 3.35. The molecule has 1 aliphatic carbocycles. The Kier molecular flexibility index (Phi) is 5.56. The van der Waals surface area contributed by atoms with E-state index in [1.165, 1.54) is 0 Å². The fourth-order valence-electron chi connectivity index (χ4n) is 2.82. The first-order chi connectivity index (χ1) is 12.6. The minimum Gasteiger partial charge on any atom is -0.497 e. The van der Waals surface area contributed by atoms with Gasteiger partial charge in [-0.25, -0.2) is 4.79 Å². The highest BCUT2D eigenvalue weighted by Crippen LogP contribution is 2.29. The van der Waals surface area contributed by atoms with Gasteiger partial charge in [0.25, 0.3) is 5.91 Å². The number of hydrogen-bond donors (Lipinski definition) is 0. The first-order valence-corrected chi connectivity index (χ1v) is 8.73. The topological polar surface area (TPSA) is 55.8 Å². The molecular weight excluding hydrogens is 330 g/mol. The molecule has 136 valence electrons. The zero-order valence-electron chi connectivity index (χ0n) is 15.1. The summed E-state index contributed by atoms with van der Waals surface area (Å²) < 4.78 is 10.4. The van der Waals surface area contributed by atoms with Gasteiger partial charge in [-0.1, -0.05) is 30.3 Å². The van der Waals surface area contributed by atoms with Crippen molar-refractivity contribution in [3.63, 3.8) is 0 Å². The molecule has 26 heavy (non-hydrogen) atoms. The van der Waals surface area contributed by atoms with E-state index in [-0.39, 0.29) is 18.6 Å². The molecule has 0 N–H and O–H groups in total. The van der Waals surface area contributed by atoms with Crippen molar-refractivity contribution in [3.05, 3.63) is 65.2 Å². The SMILES string of the molecule is COc1ccc(CN(C(=O)COC(=O)c2ccccc2C)C2CC2)cc1. The van der Waals surface area contributed by atoms with Gasteiger partial charge in [0.1, 0.15) is 5.75 Å². The highest BCUT2D eigenvalue weighted by atomic mass is 16.5. The Morgan fingerprint density at radius 1 is 1.08 bits per heavy atom. The van der Waals surface area contributed by atoms with Gasteiger partial charge >= 0.3 is 5.97 Å². The highest BCUT2D eigenvalue weighted by molar-refractivity contribution is 5.92. The number of benzene rings is 2. The second-order valence-electron chi connectivity index (χ2n) is 6.49. The lowest BCUT2D eigenvalue weighted by molar-refractivity contribution is -0.135. The van der Waals surface area contributed by atoms with Gasteiger partial charge in [-0.15, -0.1) is 0 Å². The zero-order chi connectivity index (χ0) is 18.5. The Bertz CT molecular complexity index is 781. The smallest absolute Gasteiger partial charge is 0.338 e. The number of hydrogen-bond acceptors (Lipinski definition) is 4. The molecule has 0 radical (unpaired) electrons. The highest BCUT2D eigenvalue weighted by Gasteiger charge is 2.33. The number of amides is 1. The van der Waals surface area contributed by atoms with Crippen molar-refractivity contribution >= 4 is 11.9 Å².